The summed E-state index contributed by atoms with van der Waals surface area (Å²) < 4.78 is 2.02. The first-order valence-corrected chi connectivity index (χ1v) is 5.37. The number of nitrogens with zero attached hydrogens (tertiary/aromatic N) is 2. The maximum Gasteiger partial charge on any atom is 0.127 e. The third kappa shape index (κ3) is 1.86. The van der Waals surface area contributed by atoms with Crippen LogP contribution in [0.15, 0.2) is 12.4 Å². The molecule has 76 valence electrons. The molecule has 14 heavy (non-hydrogen) atoms. The van der Waals surface area contributed by atoms with E-state index in [1.807, 2.05) is 23.9 Å². The van der Waals surface area contributed by atoms with Gasteiger partial charge in [0.2, 0.25) is 0 Å². The van der Waals surface area contributed by atoms with Crippen molar-refractivity contribution in [3.8, 4) is 0 Å². The first-order valence-electron chi connectivity index (χ1n) is 5.37. The van der Waals surface area contributed by atoms with Crippen LogP contribution in [-0.4, -0.2) is 9.55 Å². The fourth-order valence-electron chi connectivity index (χ4n) is 2.18. The summed E-state index contributed by atoms with van der Waals surface area (Å²) in [6.07, 6.45) is 8.19. The molecule has 0 saturated heterocycles. The fraction of sp³-hybridized carbons (Fsp3) is 0.636. The summed E-state index contributed by atoms with van der Waals surface area (Å²) >= 11 is 0. The molecule has 3 heteroatoms. The smallest absolute Gasteiger partial charge is 0.127 e. The number of hydrogen-bond acceptors (Lipinski definition) is 2. The zero-order chi connectivity index (χ0) is 9.97. The molecule has 0 spiro atoms. The molecule has 1 saturated carbocycles. The largest absolute Gasteiger partial charge is 0.314 e. The summed E-state index contributed by atoms with van der Waals surface area (Å²) in [7, 11) is 0. The molecule has 0 bridgehead atoms. The second-order valence-corrected chi connectivity index (χ2v) is 4.11. The summed E-state index contributed by atoms with van der Waals surface area (Å²) in [5, 5.41) is 7.87. The lowest BCUT2D eigenvalue weighted by Gasteiger charge is -2.24. The molecule has 3 nitrogen and oxygen atoms in total. The highest BCUT2D eigenvalue weighted by Crippen LogP contribution is 2.26. The first-order chi connectivity index (χ1) is 6.77. The number of hydrogen-bond donors (Lipinski definition) is 1. The van der Waals surface area contributed by atoms with E-state index in [0.29, 0.717) is 11.5 Å². The van der Waals surface area contributed by atoms with Gasteiger partial charge in [0.1, 0.15) is 5.49 Å². The quantitative estimate of drug-likeness (QED) is 0.726. The Morgan fingerprint density at radius 2 is 2.07 bits per heavy atom. The van der Waals surface area contributed by atoms with Crippen molar-refractivity contribution in [3.63, 3.8) is 0 Å². The van der Waals surface area contributed by atoms with Crippen LogP contribution in [0.2, 0.25) is 0 Å². The Balaban J connectivity index is 2.26. The standard InChI is InChI=1S/C11H17N3/c1-9-7-11(12)14(8-13-9)10-5-3-2-4-6-10/h7-8,10,12H,2-6H2,1H3. The van der Waals surface area contributed by atoms with Gasteiger partial charge < -0.3 is 4.57 Å². The van der Waals surface area contributed by atoms with E-state index in [-0.39, 0.29) is 0 Å². The molecule has 0 aromatic carbocycles. The first kappa shape index (κ1) is 9.44. The Morgan fingerprint density at radius 1 is 1.36 bits per heavy atom. The van der Waals surface area contributed by atoms with Gasteiger partial charge in [0.05, 0.1) is 6.33 Å². The van der Waals surface area contributed by atoms with Crippen molar-refractivity contribution in [2.75, 3.05) is 0 Å². The SMILES string of the molecule is Cc1cc(=N)n(C2CCCCC2)cn1. The number of aryl methyl sites for hydroxylation is 1. The van der Waals surface area contributed by atoms with Crippen molar-refractivity contribution < 1.29 is 0 Å². The van der Waals surface area contributed by atoms with E-state index in [9.17, 15) is 0 Å². The molecular formula is C11H17N3. The fourth-order valence-corrected chi connectivity index (χ4v) is 2.18. The van der Waals surface area contributed by atoms with Gasteiger partial charge in [-0.3, -0.25) is 5.41 Å². The monoisotopic (exact) mass is 191 g/mol. The predicted molar refractivity (Wildman–Crippen MR) is 54.9 cm³/mol. The molecule has 1 N–H and O–H groups in total. The van der Waals surface area contributed by atoms with Crippen molar-refractivity contribution in [1.82, 2.24) is 9.55 Å². The lowest BCUT2D eigenvalue weighted by atomic mass is 9.95. The molecule has 0 radical (unpaired) electrons. The van der Waals surface area contributed by atoms with Crippen molar-refractivity contribution in [1.29, 1.82) is 5.41 Å². The average Bonchev–Trinajstić information content (AvgIpc) is 2.19. The molecule has 1 heterocycles. The lowest BCUT2D eigenvalue weighted by Crippen LogP contribution is -2.26. The molecule has 0 amide bonds. The van der Waals surface area contributed by atoms with Crippen LogP contribution in [0.25, 0.3) is 0 Å². The summed E-state index contributed by atoms with van der Waals surface area (Å²) in [5.41, 5.74) is 1.53. The van der Waals surface area contributed by atoms with E-state index in [2.05, 4.69) is 4.98 Å². The normalized spacial score (nSPS) is 18.4. The van der Waals surface area contributed by atoms with Gasteiger partial charge in [0.15, 0.2) is 0 Å². The predicted octanol–water partition coefficient (Wildman–Crippen LogP) is 2.18. The minimum Gasteiger partial charge on any atom is -0.314 e. The van der Waals surface area contributed by atoms with E-state index in [1.54, 1.807) is 0 Å². The van der Waals surface area contributed by atoms with E-state index >= 15 is 0 Å². The third-order valence-electron chi connectivity index (χ3n) is 2.98. The molecule has 0 atom stereocenters. The Bertz CT molecular complexity index is 361. The number of aromatic nitrogens is 2. The third-order valence-corrected chi connectivity index (χ3v) is 2.98. The zero-order valence-corrected chi connectivity index (χ0v) is 8.66. The van der Waals surface area contributed by atoms with Crippen LogP contribution in [0.1, 0.15) is 43.8 Å². The van der Waals surface area contributed by atoms with E-state index in [1.165, 1.54) is 32.1 Å². The van der Waals surface area contributed by atoms with Crippen LogP contribution in [-0.2, 0) is 0 Å². The van der Waals surface area contributed by atoms with Crippen molar-refractivity contribution in [3.05, 3.63) is 23.6 Å². The van der Waals surface area contributed by atoms with Gasteiger partial charge in [-0.05, 0) is 19.8 Å². The van der Waals surface area contributed by atoms with Gasteiger partial charge in [0, 0.05) is 17.8 Å². The van der Waals surface area contributed by atoms with Crippen LogP contribution in [0.5, 0.6) is 0 Å². The molecule has 2 rings (SSSR count). The van der Waals surface area contributed by atoms with Crippen molar-refractivity contribution in [2.45, 2.75) is 45.1 Å². The van der Waals surface area contributed by atoms with Crippen molar-refractivity contribution >= 4 is 0 Å². The molecule has 0 unspecified atom stereocenters. The van der Waals surface area contributed by atoms with Crippen LogP contribution >= 0.6 is 0 Å². The van der Waals surface area contributed by atoms with Gasteiger partial charge in [-0.2, -0.15) is 0 Å². The maximum absolute atomic E-state index is 7.87. The average molecular weight is 191 g/mol. The molecule has 1 aromatic rings. The van der Waals surface area contributed by atoms with Crippen LogP contribution < -0.4 is 5.49 Å². The molecular weight excluding hydrogens is 174 g/mol. The Kier molecular flexibility index (Phi) is 2.66. The minimum absolute atomic E-state index is 0.518. The number of nitrogens with one attached hydrogen (secondary N) is 1. The summed E-state index contributed by atoms with van der Waals surface area (Å²) in [4.78, 5) is 4.26. The van der Waals surface area contributed by atoms with E-state index < -0.39 is 0 Å². The Hall–Kier alpha value is -1.12. The van der Waals surface area contributed by atoms with Gasteiger partial charge in [-0.25, -0.2) is 4.98 Å². The lowest BCUT2D eigenvalue weighted by molar-refractivity contribution is 0.339. The highest BCUT2D eigenvalue weighted by Gasteiger charge is 2.14. The van der Waals surface area contributed by atoms with Gasteiger partial charge in [0.25, 0.3) is 0 Å². The van der Waals surface area contributed by atoms with Gasteiger partial charge in [-0.15, -0.1) is 0 Å². The highest BCUT2D eigenvalue weighted by molar-refractivity contribution is 4.95. The van der Waals surface area contributed by atoms with Gasteiger partial charge >= 0.3 is 0 Å². The second kappa shape index (κ2) is 3.95. The zero-order valence-electron chi connectivity index (χ0n) is 8.66. The van der Waals surface area contributed by atoms with Crippen LogP contribution in [0.4, 0.5) is 0 Å². The topological polar surface area (TPSA) is 41.7 Å². The number of rotatable bonds is 1. The van der Waals surface area contributed by atoms with E-state index in [4.69, 9.17) is 5.41 Å². The molecule has 1 aliphatic rings. The Labute approximate surface area is 84.3 Å². The summed E-state index contributed by atoms with van der Waals surface area (Å²) in [6.45, 7) is 1.93. The minimum atomic E-state index is 0.518. The molecule has 0 aliphatic heterocycles. The van der Waals surface area contributed by atoms with Crippen molar-refractivity contribution in [2.24, 2.45) is 0 Å². The summed E-state index contributed by atoms with van der Waals surface area (Å²) in [6, 6.07) is 2.36. The molecule has 1 fully saturated rings. The summed E-state index contributed by atoms with van der Waals surface area (Å²) in [5.74, 6) is 0. The van der Waals surface area contributed by atoms with Crippen LogP contribution in [0.3, 0.4) is 0 Å². The molecule has 1 aliphatic carbocycles. The second-order valence-electron chi connectivity index (χ2n) is 4.11. The Morgan fingerprint density at radius 3 is 2.71 bits per heavy atom. The molecule has 1 aromatic heterocycles. The van der Waals surface area contributed by atoms with Crippen LogP contribution in [0, 0.1) is 12.3 Å². The van der Waals surface area contributed by atoms with Gasteiger partial charge in [-0.1, -0.05) is 19.3 Å². The maximum atomic E-state index is 7.87. The van der Waals surface area contributed by atoms with E-state index in [0.717, 1.165) is 5.69 Å². The highest BCUT2D eigenvalue weighted by atomic mass is 15.1.